The van der Waals surface area contributed by atoms with E-state index < -0.39 is 30.3 Å². The molecule has 0 radical (unpaired) electrons. The first kappa shape index (κ1) is 20.2. The summed E-state index contributed by atoms with van der Waals surface area (Å²) in [7, 11) is 0. The molecule has 2 fully saturated rings. The highest BCUT2D eigenvalue weighted by atomic mass is 16.7. The summed E-state index contributed by atoms with van der Waals surface area (Å²) in [5, 5.41) is 3.72. The minimum absolute atomic E-state index is 0.320. The summed E-state index contributed by atoms with van der Waals surface area (Å²) >= 11 is 0. The van der Waals surface area contributed by atoms with Crippen molar-refractivity contribution in [1.82, 2.24) is 4.90 Å². The molecule has 156 valence electrons. The van der Waals surface area contributed by atoms with Gasteiger partial charge in [0.25, 0.3) is 0 Å². The van der Waals surface area contributed by atoms with Crippen LogP contribution in [0.3, 0.4) is 0 Å². The van der Waals surface area contributed by atoms with Gasteiger partial charge in [-0.05, 0) is 30.5 Å². The zero-order valence-electron chi connectivity index (χ0n) is 16.9. The van der Waals surface area contributed by atoms with E-state index in [1.165, 1.54) is 0 Å². The molecular formula is C22H24N4O4. The van der Waals surface area contributed by atoms with Gasteiger partial charge in [0, 0.05) is 17.9 Å². The average molecular weight is 408 g/mol. The van der Waals surface area contributed by atoms with Crippen LogP contribution in [0.5, 0.6) is 0 Å². The van der Waals surface area contributed by atoms with E-state index in [0.29, 0.717) is 13.0 Å². The van der Waals surface area contributed by atoms with Gasteiger partial charge in [0.1, 0.15) is 12.3 Å². The van der Waals surface area contributed by atoms with Gasteiger partial charge in [-0.2, -0.15) is 0 Å². The molecule has 2 saturated heterocycles. The van der Waals surface area contributed by atoms with Crippen molar-refractivity contribution in [3.63, 3.8) is 0 Å². The van der Waals surface area contributed by atoms with E-state index in [1.807, 2.05) is 67.6 Å². The van der Waals surface area contributed by atoms with Gasteiger partial charge in [0.15, 0.2) is 11.9 Å². The van der Waals surface area contributed by atoms with Gasteiger partial charge in [-0.25, -0.2) is 4.79 Å². The fraction of sp³-hybridized carbons (Fsp3) is 0.409. The Labute approximate surface area is 175 Å². The maximum atomic E-state index is 13.2. The lowest BCUT2D eigenvalue weighted by Gasteiger charge is -2.38. The first-order chi connectivity index (χ1) is 14.6. The standard InChI is InChI=1S/C22H24N4O4/c1-3-28-22(2)17(14-18(30-22)24-25-23)26-19(15-10-6-4-7-11-15)20(29-21(26)27)16-12-8-5-9-13-16/h4-13,17-20H,3,14H2,1-2H3/t17-,18+,19-,20+,22-/m1/s1. The lowest BCUT2D eigenvalue weighted by Crippen LogP contribution is -2.51. The molecule has 2 aliphatic rings. The second-order valence-corrected chi connectivity index (χ2v) is 7.46. The second-order valence-electron chi connectivity index (χ2n) is 7.46. The van der Waals surface area contributed by atoms with Crippen LogP contribution in [-0.4, -0.2) is 35.7 Å². The highest BCUT2D eigenvalue weighted by Gasteiger charge is 2.56. The van der Waals surface area contributed by atoms with Crippen molar-refractivity contribution in [3.8, 4) is 0 Å². The molecule has 4 rings (SSSR count). The maximum Gasteiger partial charge on any atom is 0.411 e. The zero-order valence-corrected chi connectivity index (χ0v) is 16.9. The van der Waals surface area contributed by atoms with E-state index in [2.05, 4.69) is 10.0 Å². The fourth-order valence-corrected chi connectivity index (χ4v) is 4.41. The quantitative estimate of drug-likeness (QED) is 0.377. The van der Waals surface area contributed by atoms with Gasteiger partial charge >= 0.3 is 6.09 Å². The summed E-state index contributed by atoms with van der Waals surface area (Å²) in [5.41, 5.74) is 10.7. The Hall–Kier alpha value is -3.06. The maximum absolute atomic E-state index is 13.2. The lowest BCUT2D eigenvalue weighted by atomic mass is 9.93. The fourth-order valence-electron chi connectivity index (χ4n) is 4.41. The van der Waals surface area contributed by atoms with Crippen LogP contribution in [0, 0.1) is 0 Å². The smallest absolute Gasteiger partial charge is 0.411 e. The first-order valence-corrected chi connectivity index (χ1v) is 10.0. The monoisotopic (exact) mass is 408 g/mol. The number of nitrogens with zero attached hydrogens (tertiary/aromatic N) is 4. The molecule has 2 heterocycles. The number of hydrogen-bond acceptors (Lipinski definition) is 5. The molecule has 30 heavy (non-hydrogen) atoms. The van der Waals surface area contributed by atoms with Crippen LogP contribution < -0.4 is 0 Å². The molecule has 1 amide bonds. The van der Waals surface area contributed by atoms with Crippen molar-refractivity contribution < 1.29 is 19.0 Å². The molecule has 8 heteroatoms. The molecule has 0 bridgehead atoms. The minimum atomic E-state index is -1.12. The van der Waals surface area contributed by atoms with Crippen LogP contribution in [-0.2, 0) is 14.2 Å². The summed E-state index contributed by atoms with van der Waals surface area (Å²) < 4.78 is 17.7. The minimum Gasteiger partial charge on any atom is -0.439 e. The first-order valence-electron chi connectivity index (χ1n) is 10.0. The van der Waals surface area contributed by atoms with Gasteiger partial charge in [-0.15, -0.1) is 0 Å². The Morgan fingerprint density at radius 2 is 1.80 bits per heavy atom. The number of carbonyl (C=O) groups excluding carboxylic acids is 1. The van der Waals surface area contributed by atoms with Crippen molar-refractivity contribution in [2.45, 2.75) is 50.5 Å². The van der Waals surface area contributed by atoms with Gasteiger partial charge in [-0.3, -0.25) is 4.90 Å². The van der Waals surface area contributed by atoms with E-state index in [9.17, 15) is 4.79 Å². The van der Waals surface area contributed by atoms with E-state index in [-0.39, 0.29) is 6.04 Å². The summed E-state index contributed by atoms with van der Waals surface area (Å²) in [4.78, 5) is 17.7. The van der Waals surface area contributed by atoms with Gasteiger partial charge in [0.05, 0.1) is 6.04 Å². The zero-order chi connectivity index (χ0) is 21.1. The van der Waals surface area contributed by atoms with Crippen molar-refractivity contribution >= 4 is 6.09 Å². The highest BCUT2D eigenvalue weighted by molar-refractivity contribution is 5.72. The van der Waals surface area contributed by atoms with Gasteiger partial charge in [0.2, 0.25) is 0 Å². The van der Waals surface area contributed by atoms with Crippen molar-refractivity contribution in [2.75, 3.05) is 6.61 Å². The number of amides is 1. The SMILES string of the molecule is CCO[C@]1(C)O[C@H](N=[N+]=[N-])C[C@H]1N1C(=O)O[C@@H](c2ccccc2)[C@H]1c1ccccc1. The Balaban J connectivity index is 1.78. The summed E-state index contributed by atoms with van der Waals surface area (Å²) in [6, 6.07) is 18.6. The van der Waals surface area contributed by atoms with E-state index >= 15 is 0 Å². The third-order valence-corrected chi connectivity index (χ3v) is 5.64. The Morgan fingerprint density at radius 3 is 2.40 bits per heavy atom. The predicted octanol–water partition coefficient (Wildman–Crippen LogP) is 5.10. The number of rotatable bonds is 6. The normalized spacial score (nSPS) is 30.7. The second kappa shape index (κ2) is 8.36. The lowest BCUT2D eigenvalue weighted by molar-refractivity contribution is -0.230. The summed E-state index contributed by atoms with van der Waals surface area (Å²) in [6.07, 6.45) is -1.33. The number of ether oxygens (including phenoxy) is 3. The van der Waals surface area contributed by atoms with Crippen LogP contribution in [0.15, 0.2) is 65.8 Å². The molecule has 0 aromatic heterocycles. The van der Waals surface area contributed by atoms with Gasteiger partial charge in [-0.1, -0.05) is 65.8 Å². The highest BCUT2D eigenvalue weighted by Crippen LogP contribution is 2.49. The molecule has 2 aromatic carbocycles. The van der Waals surface area contributed by atoms with Gasteiger partial charge < -0.3 is 14.2 Å². The van der Waals surface area contributed by atoms with Crippen LogP contribution >= 0.6 is 0 Å². The van der Waals surface area contributed by atoms with E-state index in [4.69, 9.17) is 19.7 Å². The molecule has 0 aliphatic carbocycles. The molecule has 0 unspecified atom stereocenters. The Morgan fingerprint density at radius 1 is 1.17 bits per heavy atom. The number of hydrogen-bond donors (Lipinski definition) is 0. The molecule has 2 aliphatic heterocycles. The van der Waals surface area contributed by atoms with Crippen molar-refractivity contribution in [3.05, 3.63) is 82.2 Å². The van der Waals surface area contributed by atoms with Crippen LogP contribution in [0.2, 0.25) is 0 Å². The Kier molecular flexibility index (Phi) is 5.63. The van der Waals surface area contributed by atoms with Crippen LogP contribution in [0.1, 0.15) is 43.5 Å². The predicted molar refractivity (Wildman–Crippen MR) is 109 cm³/mol. The van der Waals surface area contributed by atoms with E-state index in [0.717, 1.165) is 11.1 Å². The average Bonchev–Trinajstić information content (AvgIpc) is 3.26. The summed E-state index contributed by atoms with van der Waals surface area (Å²) in [5.74, 6) is -1.12. The summed E-state index contributed by atoms with van der Waals surface area (Å²) in [6.45, 7) is 4.02. The van der Waals surface area contributed by atoms with Crippen molar-refractivity contribution in [1.29, 1.82) is 0 Å². The molecule has 8 nitrogen and oxygen atoms in total. The van der Waals surface area contributed by atoms with Crippen LogP contribution in [0.25, 0.3) is 10.4 Å². The third-order valence-electron chi connectivity index (χ3n) is 5.64. The number of azide groups is 1. The van der Waals surface area contributed by atoms with Crippen molar-refractivity contribution in [2.24, 2.45) is 5.11 Å². The molecule has 0 spiro atoms. The molecule has 0 N–H and O–H groups in total. The topological polar surface area (TPSA) is 96.8 Å². The number of carbonyl (C=O) groups is 1. The molecule has 2 aromatic rings. The Bertz CT molecular complexity index is 935. The van der Waals surface area contributed by atoms with Crippen LogP contribution in [0.4, 0.5) is 4.79 Å². The molecule has 5 atom stereocenters. The number of cyclic esters (lactones) is 1. The van der Waals surface area contributed by atoms with E-state index in [1.54, 1.807) is 11.8 Å². The third kappa shape index (κ3) is 3.61. The molecule has 0 saturated carbocycles. The molecular weight excluding hydrogens is 384 g/mol. The largest absolute Gasteiger partial charge is 0.439 e. The number of benzene rings is 2.